The summed E-state index contributed by atoms with van der Waals surface area (Å²) in [6, 6.07) is 6.16. The Labute approximate surface area is 98.3 Å². The molecule has 1 aromatic carbocycles. The molecule has 0 radical (unpaired) electrons. The van der Waals surface area contributed by atoms with Crippen LogP contribution < -0.4 is 4.74 Å². The minimum atomic E-state index is 0.258. The van der Waals surface area contributed by atoms with Crippen LogP contribution in [0.3, 0.4) is 0 Å². The normalized spacial score (nSPS) is 21.8. The van der Waals surface area contributed by atoms with E-state index in [1.807, 2.05) is 12.1 Å². The summed E-state index contributed by atoms with van der Waals surface area (Å²) in [5.41, 5.74) is 2.72. The third kappa shape index (κ3) is 1.27. The Hall–Kier alpha value is -0.760. The summed E-state index contributed by atoms with van der Waals surface area (Å²) >= 11 is 3.50. The van der Waals surface area contributed by atoms with E-state index < -0.39 is 0 Å². The number of ether oxygens (including phenoxy) is 1. The van der Waals surface area contributed by atoms with Gasteiger partial charge in [-0.25, -0.2) is 0 Å². The van der Waals surface area contributed by atoms with Crippen molar-refractivity contribution in [3.8, 4) is 5.75 Å². The second-order valence-corrected chi connectivity index (χ2v) is 5.46. The van der Waals surface area contributed by atoms with E-state index >= 15 is 0 Å². The molecule has 0 atom stereocenters. The highest BCUT2D eigenvalue weighted by atomic mass is 79.9. The van der Waals surface area contributed by atoms with Gasteiger partial charge < -0.3 is 4.74 Å². The van der Waals surface area contributed by atoms with Gasteiger partial charge in [-0.3, -0.25) is 0 Å². The zero-order valence-electron chi connectivity index (χ0n) is 8.55. The zero-order valence-corrected chi connectivity index (χ0v) is 10.1. The fraction of sp³-hybridized carbons (Fsp3) is 0.385. The summed E-state index contributed by atoms with van der Waals surface area (Å²) in [7, 11) is 0. The van der Waals surface area contributed by atoms with Gasteiger partial charge in [-0.1, -0.05) is 28.9 Å². The molecule has 1 saturated carbocycles. The van der Waals surface area contributed by atoms with Gasteiger partial charge in [0, 0.05) is 15.5 Å². The molecule has 0 aromatic heterocycles. The first kappa shape index (κ1) is 9.46. The van der Waals surface area contributed by atoms with Crippen molar-refractivity contribution in [3.05, 3.63) is 34.8 Å². The second kappa shape index (κ2) is 3.11. The third-order valence-electron chi connectivity index (χ3n) is 3.72. The lowest BCUT2D eigenvalue weighted by Crippen LogP contribution is -2.39. The summed E-state index contributed by atoms with van der Waals surface area (Å²) in [6.45, 7) is 5.09. The van der Waals surface area contributed by atoms with Crippen LogP contribution >= 0.6 is 15.9 Å². The lowest BCUT2D eigenvalue weighted by Gasteiger charge is -2.46. The minimum absolute atomic E-state index is 0.258. The van der Waals surface area contributed by atoms with Gasteiger partial charge in [-0.05, 0) is 36.6 Å². The summed E-state index contributed by atoms with van der Waals surface area (Å²) < 4.78 is 6.92. The standard InChI is InChI=1S/C13H13BrO/c1-9-11-7-10(14)3-4-12(11)15-8-13(9)5-2-6-13/h3-4,7H,1-2,5-6,8H2. The summed E-state index contributed by atoms with van der Waals surface area (Å²) in [6.07, 6.45) is 3.78. The molecular weight excluding hydrogens is 252 g/mol. The van der Waals surface area contributed by atoms with Gasteiger partial charge in [0.2, 0.25) is 0 Å². The molecule has 1 aliphatic heterocycles. The maximum absolute atomic E-state index is 5.82. The SMILES string of the molecule is C=C1c2cc(Br)ccc2OCC12CCC2. The third-order valence-corrected chi connectivity index (χ3v) is 4.21. The summed E-state index contributed by atoms with van der Waals surface area (Å²) in [4.78, 5) is 0. The predicted octanol–water partition coefficient (Wildman–Crippen LogP) is 4.03. The molecule has 1 nitrogen and oxygen atoms in total. The molecule has 0 saturated heterocycles. The Balaban J connectivity index is 2.08. The smallest absolute Gasteiger partial charge is 0.126 e. The predicted molar refractivity (Wildman–Crippen MR) is 65.0 cm³/mol. The Bertz CT molecular complexity index is 432. The van der Waals surface area contributed by atoms with Gasteiger partial charge in [0.15, 0.2) is 0 Å². The van der Waals surface area contributed by atoms with Crippen molar-refractivity contribution in [1.82, 2.24) is 0 Å². The molecule has 0 N–H and O–H groups in total. The van der Waals surface area contributed by atoms with Crippen LogP contribution in [0.1, 0.15) is 24.8 Å². The van der Waals surface area contributed by atoms with E-state index in [1.165, 1.54) is 30.4 Å². The lowest BCUT2D eigenvalue weighted by molar-refractivity contribution is 0.107. The van der Waals surface area contributed by atoms with E-state index in [4.69, 9.17) is 4.74 Å². The Morgan fingerprint density at radius 2 is 2.13 bits per heavy atom. The zero-order chi connectivity index (χ0) is 10.5. The molecule has 1 heterocycles. The van der Waals surface area contributed by atoms with E-state index in [2.05, 4.69) is 28.6 Å². The Morgan fingerprint density at radius 3 is 2.80 bits per heavy atom. The van der Waals surface area contributed by atoms with Crippen LogP contribution in [0, 0.1) is 5.41 Å². The highest BCUT2D eigenvalue weighted by Crippen LogP contribution is 2.54. The summed E-state index contributed by atoms with van der Waals surface area (Å²) in [5, 5.41) is 0. The quantitative estimate of drug-likeness (QED) is 0.688. The van der Waals surface area contributed by atoms with Crippen molar-refractivity contribution < 1.29 is 4.74 Å². The van der Waals surface area contributed by atoms with Crippen molar-refractivity contribution in [2.24, 2.45) is 5.41 Å². The first-order valence-corrected chi connectivity index (χ1v) is 6.13. The molecule has 78 valence electrons. The molecule has 3 rings (SSSR count). The van der Waals surface area contributed by atoms with Gasteiger partial charge in [-0.2, -0.15) is 0 Å². The van der Waals surface area contributed by atoms with Gasteiger partial charge in [-0.15, -0.1) is 0 Å². The molecule has 0 bridgehead atoms. The highest BCUT2D eigenvalue weighted by Gasteiger charge is 2.44. The molecule has 2 heteroatoms. The fourth-order valence-electron chi connectivity index (χ4n) is 2.50. The number of benzene rings is 1. The van der Waals surface area contributed by atoms with Crippen molar-refractivity contribution in [3.63, 3.8) is 0 Å². The van der Waals surface area contributed by atoms with E-state index in [9.17, 15) is 0 Å². The largest absolute Gasteiger partial charge is 0.492 e. The maximum Gasteiger partial charge on any atom is 0.126 e. The topological polar surface area (TPSA) is 9.23 Å². The van der Waals surface area contributed by atoms with Crippen LogP contribution in [0.2, 0.25) is 0 Å². The first-order chi connectivity index (χ1) is 7.21. The number of hydrogen-bond donors (Lipinski definition) is 0. The highest BCUT2D eigenvalue weighted by molar-refractivity contribution is 9.10. The van der Waals surface area contributed by atoms with Crippen LogP contribution in [0.25, 0.3) is 5.57 Å². The van der Waals surface area contributed by atoms with Crippen LogP contribution in [0.4, 0.5) is 0 Å². The average Bonchev–Trinajstić information content (AvgIpc) is 2.17. The molecule has 1 aromatic rings. The summed E-state index contributed by atoms with van der Waals surface area (Å²) in [5.74, 6) is 0.987. The molecule has 1 aliphatic carbocycles. The number of hydrogen-bond acceptors (Lipinski definition) is 1. The van der Waals surface area contributed by atoms with Gasteiger partial charge in [0.05, 0.1) is 6.61 Å². The Morgan fingerprint density at radius 1 is 1.33 bits per heavy atom. The van der Waals surface area contributed by atoms with E-state index in [1.54, 1.807) is 0 Å². The number of fused-ring (bicyclic) bond motifs is 1. The molecular formula is C13H13BrO. The van der Waals surface area contributed by atoms with Crippen LogP contribution in [-0.2, 0) is 0 Å². The lowest BCUT2D eigenvalue weighted by atomic mass is 9.62. The number of rotatable bonds is 0. The van der Waals surface area contributed by atoms with E-state index in [-0.39, 0.29) is 5.41 Å². The van der Waals surface area contributed by atoms with E-state index in [0.29, 0.717) is 0 Å². The van der Waals surface area contributed by atoms with E-state index in [0.717, 1.165) is 16.8 Å². The fourth-order valence-corrected chi connectivity index (χ4v) is 2.86. The molecule has 0 amide bonds. The average molecular weight is 265 g/mol. The molecule has 1 fully saturated rings. The monoisotopic (exact) mass is 264 g/mol. The Kier molecular flexibility index (Phi) is 1.96. The molecule has 15 heavy (non-hydrogen) atoms. The minimum Gasteiger partial charge on any atom is -0.492 e. The van der Waals surface area contributed by atoms with Gasteiger partial charge >= 0.3 is 0 Å². The van der Waals surface area contributed by atoms with Crippen molar-refractivity contribution in [1.29, 1.82) is 0 Å². The maximum atomic E-state index is 5.82. The van der Waals surface area contributed by atoms with Crippen LogP contribution in [0.15, 0.2) is 29.3 Å². The van der Waals surface area contributed by atoms with Gasteiger partial charge in [0.1, 0.15) is 5.75 Å². The van der Waals surface area contributed by atoms with Crippen LogP contribution in [-0.4, -0.2) is 6.61 Å². The van der Waals surface area contributed by atoms with Crippen molar-refractivity contribution >= 4 is 21.5 Å². The molecule has 2 aliphatic rings. The second-order valence-electron chi connectivity index (χ2n) is 4.54. The first-order valence-electron chi connectivity index (χ1n) is 5.33. The van der Waals surface area contributed by atoms with Crippen molar-refractivity contribution in [2.45, 2.75) is 19.3 Å². The molecule has 1 spiro atoms. The number of halogens is 1. The molecule has 0 unspecified atom stereocenters. The van der Waals surface area contributed by atoms with Crippen molar-refractivity contribution in [2.75, 3.05) is 6.61 Å². The van der Waals surface area contributed by atoms with Gasteiger partial charge in [0.25, 0.3) is 0 Å². The van der Waals surface area contributed by atoms with Crippen LogP contribution in [0.5, 0.6) is 5.75 Å².